The van der Waals surface area contributed by atoms with Crippen LogP contribution < -0.4 is 5.32 Å². The molecule has 5 rings (SSSR count). The van der Waals surface area contributed by atoms with Gasteiger partial charge in [0.1, 0.15) is 0 Å². The van der Waals surface area contributed by atoms with E-state index < -0.39 is 0 Å². The van der Waals surface area contributed by atoms with Crippen molar-refractivity contribution in [3.05, 3.63) is 108 Å². The normalized spacial score (nSPS) is 14.3. The molecule has 4 aromatic rings. The Balaban J connectivity index is 1.66. The van der Waals surface area contributed by atoms with Gasteiger partial charge in [0.05, 0.1) is 11.4 Å². The van der Waals surface area contributed by atoms with Crippen molar-refractivity contribution in [2.24, 2.45) is 0 Å². The topological polar surface area (TPSA) is 37.8 Å². The molecule has 3 aromatic carbocycles. The smallest absolute Gasteiger partial charge is 0.228 e. The minimum atomic E-state index is 0.639. The molecule has 0 radical (unpaired) electrons. The molecule has 1 aliphatic rings. The van der Waals surface area contributed by atoms with Gasteiger partial charge in [0.2, 0.25) is 5.95 Å². The third-order valence-corrected chi connectivity index (χ3v) is 5.40. The molecule has 0 bridgehead atoms. The summed E-state index contributed by atoms with van der Waals surface area (Å²) in [6.45, 7) is 0. The van der Waals surface area contributed by atoms with Crippen molar-refractivity contribution in [3.63, 3.8) is 0 Å². The first kappa shape index (κ1) is 18.3. The number of allylic oxidation sites excluding steroid dienone is 1. The molecule has 0 aliphatic heterocycles. The van der Waals surface area contributed by atoms with Crippen molar-refractivity contribution in [1.82, 2.24) is 9.97 Å². The third-order valence-electron chi connectivity index (χ3n) is 5.40. The Hall–Kier alpha value is -3.72. The standard InChI is InChI=1S/C27H23N3/c1-4-11-20(12-5-1)19-22-15-10-18-24-25(21-13-6-2-7-14-21)29-27(30-26(22)24)28-23-16-8-3-9-17-23/h1-9,11-14,16-17,19H,10,15,18H2,(H,28,29,30)/b22-19+. The fourth-order valence-electron chi connectivity index (χ4n) is 3.99. The molecule has 0 saturated heterocycles. The highest BCUT2D eigenvalue weighted by Gasteiger charge is 2.22. The van der Waals surface area contributed by atoms with Gasteiger partial charge in [-0.2, -0.15) is 0 Å². The van der Waals surface area contributed by atoms with Crippen LogP contribution in [-0.4, -0.2) is 9.97 Å². The minimum Gasteiger partial charge on any atom is -0.324 e. The summed E-state index contributed by atoms with van der Waals surface area (Å²) in [4.78, 5) is 9.93. The maximum absolute atomic E-state index is 4.98. The predicted molar refractivity (Wildman–Crippen MR) is 124 cm³/mol. The Morgan fingerprint density at radius 3 is 2.03 bits per heavy atom. The summed E-state index contributed by atoms with van der Waals surface area (Å²) in [5.74, 6) is 0.639. The van der Waals surface area contributed by atoms with E-state index in [9.17, 15) is 0 Å². The Bertz CT molecular complexity index is 1170. The first-order valence-electron chi connectivity index (χ1n) is 10.4. The van der Waals surface area contributed by atoms with Gasteiger partial charge >= 0.3 is 0 Å². The number of rotatable bonds is 4. The fourth-order valence-corrected chi connectivity index (χ4v) is 3.99. The zero-order valence-corrected chi connectivity index (χ0v) is 16.8. The van der Waals surface area contributed by atoms with Gasteiger partial charge < -0.3 is 5.32 Å². The van der Waals surface area contributed by atoms with Crippen LogP contribution in [0.5, 0.6) is 0 Å². The molecule has 1 aliphatic carbocycles. The van der Waals surface area contributed by atoms with Crippen LogP contribution in [0.2, 0.25) is 0 Å². The fraction of sp³-hybridized carbons (Fsp3) is 0.111. The van der Waals surface area contributed by atoms with Crippen LogP contribution in [0, 0.1) is 0 Å². The number of anilines is 2. The van der Waals surface area contributed by atoms with Crippen LogP contribution in [0.15, 0.2) is 91.0 Å². The summed E-state index contributed by atoms with van der Waals surface area (Å²) in [6.07, 6.45) is 5.40. The van der Waals surface area contributed by atoms with Crippen LogP contribution in [0.3, 0.4) is 0 Å². The second kappa shape index (κ2) is 8.34. The number of aromatic nitrogens is 2. The number of nitrogens with one attached hydrogen (secondary N) is 1. The average molecular weight is 390 g/mol. The zero-order chi connectivity index (χ0) is 20.2. The van der Waals surface area contributed by atoms with Crippen molar-refractivity contribution in [3.8, 4) is 11.3 Å². The van der Waals surface area contributed by atoms with Crippen molar-refractivity contribution in [2.45, 2.75) is 19.3 Å². The number of fused-ring (bicyclic) bond motifs is 1. The van der Waals surface area contributed by atoms with E-state index in [1.807, 2.05) is 42.5 Å². The molecule has 1 heterocycles. The minimum absolute atomic E-state index is 0.639. The predicted octanol–water partition coefficient (Wildman–Crippen LogP) is 6.76. The van der Waals surface area contributed by atoms with Gasteiger partial charge in [-0.1, -0.05) is 78.9 Å². The largest absolute Gasteiger partial charge is 0.324 e. The van der Waals surface area contributed by atoms with Crippen molar-refractivity contribution < 1.29 is 0 Å². The molecule has 1 aromatic heterocycles. The molecule has 30 heavy (non-hydrogen) atoms. The zero-order valence-electron chi connectivity index (χ0n) is 16.8. The number of hydrogen-bond donors (Lipinski definition) is 1. The highest BCUT2D eigenvalue weighted by molar-refractivity contribution is 5.85. The molecule has 3 nitrogen and oxygen atoms in total. The van der Waals surface area contributed by atoms with Gasteiger partial charge in [-0.25, -0.2) is 9.97 Å². The average Bonchev–Trinajstić information content (AvgIpc) is 2.81. The van der Waals surface area contributed by atoms with Gasteiger partial charge in [0, 0.05) is 16.8 Å². The Labute approximate surface area is 177 Å². The maximum Gasteiger partial charge on any atom is 0.228 e. The molecular formula is C27H23N3. The summed E-state index contributed by atoms with van der Waals surface area (Å²) >= 11 is 0. The summed E-state index contributed by atoms with van der Waals surface area (Å²) in [7, 11) is 0. The Kier molecular flexibility index (Phi) is 5.09. The molecule has 0 spiro atoms. The number of hydrogen-bond acceptors (Lipinski definition) is 3. The monoisotopic (exact) mass is 389 g/mol. The van der Waals surface area contributed by atoms with Gasteiger partial charge in [0.15, 0.2) is 0 Å². The summed E-state index contributed by atoms with van der Waals surface area (Å²) in [5.41, 5.74) is 7.94. The number of para-hydroxylation sites is 1. The van der Waals surface area contributed by atoms with Crippen LogP contribution >= 0.6 is 0 Å². The summed E-state index contributed by atoms with van der Waals surface area (Å²) in [6, 6.07) is 31.0. The highest BCUT2D eigenvalue weighted by Crippen LogP contribution is 2.37. The van der Waals surface area contributed by atoms with E-state index in [0.29, 0.717) is 5.95 Å². The second-order valence-corrected chi connectivity index (χ2v) is 7.51. The van der Waals surface area contributed by atoms with E-state index in [-0.39, 0.29) is 0 Å². The molecule has 3 heteroatoms. The van der Waals surface area contributed by atoms with Crippen LogP contribution in [0.4, 0.5) is 11.6 Å². The summed E-state index contributed by atoms with van der Waals surface area (Å²) < 4.78 is 0. The van der Waals surface area contributed by atoms with Gasteiger partial charge in [0.25, 0.3) is 0 Å². The first-order chi connectivity index (χ1) is 14.9. The van der Waals surface area contributed by atoms with E-state index in [2.05, 4.69) is 59.9 Å². The van der Waals surface area contributed by atoms with E-state index in [1.165, 1.54) is 16.7 Å². The summed E-state index contributed by atoms with van der Waals surface area (Å²) in [5, 5.41) is 3.40. The molecule has 146 valence electrons. The quantitative estimate of drug-likeness (QED) is 0.419. The third kappa shape index (κ3) is 3.87. The highest BCUT2D eigenvalue weighted by atomic mass is 15.1. The number of nitrogens with zero attached hydrogens (tertiary/aromatic N) is 2. The Morgan fingerprint density at radius 2 is 1.30 bits per heavy atom. The molecule has 1 N–H and O–H groups in total. The number of benzene rings is 3. The van der Waals surface area contributed by atoms with Crippen molar-refractivity contribution >= 4 is 23.3 Å². The lowest BCUT2D eigenvalue weighted by molar-refractivity contribution is 0.805. The Morgan fingerprint density at radius 1 is 0.667 bits per heavy atom. The second-order valence-electron chi connectivity index (χ2n) is 7.51. The molecule has 0 saturated carbocycles. The molecule has 0 amide bonds. The van der Waals surface area contributed by atoms with Crippen LogP contribution in [-0.2, 0) is 6.42 Å². The van der Waals surface area contributed by atoms with E-state index in [1.54, 1.807) is 0 Å². The van der Waals surface area contributed by atoms with Crippen molar-refractivity contribution in [2.75, 3.05) is 5.32 Å². The molecular weight excluding hydrogens is 366 g/mol. The first-order valence-corrected chi connectivity index (χ1v) is 10.4. The van der Waals surface area contributed by atoms with E-state index >= 15 is 0 Å². The van der Waals surface area contributed by atoms with E-state index in [0.717, 1.165) is 41.9 Å². The van der Waals surface area contributed by atoms with Gasteiger partial charge in [-0.05, 0) is 48.6 Å². The molecule has 0 atom stereocenters. The lowest BCUT2D eigenvalue weighted by atomic mass is 9.87. The van der Waals surface area contributed by atoms with Gasteiger partial charge in [-0.15, -0.1) is 0 Å². The lowest BCUT2D eigenvalue weighted by Gasteiger charge is -2.22. The lowest BCUT2D eigenvalue weighted by Crippen LogP contribution is -2.11. The van der Waals surface area contributed by atoms with Crippen LogP contribution in [0.25, 0.3) is 22.9 Å². The van der Waals surface area contributed by atoms with Gasteiger partial charge in [-0.3, -0.25) is 0 Å². The van der Waals surface area contributed by atoms with Crippen molar-refractivity contribution in [1.29, 1.82) is 0 Å². The van der Waals surface area contributed by atoms with Crippen LogP contribution in [0.1, 0.15) is 29.7 Å². The SMILES string of the molecule is C(=C1/CCCc2c1nc(Nc1ccccc1)nc2-c1ccccc1)/c1ccccc1. The maximum atomic E-state index is 4.98. The molecule has 0 fully saturated rings. The van der Waals surface area contributed by atoms with E-state index in [4.69, 9.17) is 9.97 Å². The molecule has 0 unspecified atom stereocenters.